The van der Waals surface area contributed by atoms with Gasteiger partial charge in [0.05, 0.1) is 11.7 Å². The van der Waals surface area contributed by atoms with Crippen LogP contribution in [0.25, 0.3) is 10.2 Å². The van der Waals surface area contributed by atoms with Gasteiger partial charge in [-0.05, 0) is 45.1 Å². The van der Waals surface area contributed by atoms with E-state index in [1.165, 1.54) is 28.7 Å². The van der Waals surface area contributed by atoms with Gasteiger partial charge in [-0.3, -0.25) is 14.2 Å². The summed E-state index contributed by atoms with van der Waals surface area (Å²) in [7, 11) is 0. The van der Waals surface area contributed by atoms with Gasteiger partial charge >= 0.3 is 0 Å². The quantitative estimate of drug-likeness (QED) is 0.868. The Labute approximate surface area is 139 Å². The topological polar surface area (TPSA) is 55.2 Å². The van der Waals surface area contributed by atoms with Crippen molar-refractivity contribution in [2.24, 2.45) is 0 Å². The minimum atomic E-state index is -0.102. The van der Waals surface area contributed by atoms with Gasteiger partial charge in [-0.2, -0.15) is 0 Å². The highest BCUT2D eigenvalue weighted by molar-refractivity contribution is 7.18. The first-order chi connectivity index (χ1) is 11.0. The molecule has 6 heteroatoms. The Morgan fingerprint density at radius 2 is 2.17 bits per heavy atom. The van der Waals surface area contributed by atoms with Gasteiger partial charge in [0.25, 0.3) is 5.56 Å². The summed E-state index contributed by atoms with van der Waals surface area (Å²) in [4.78, 5) is 33.5. The fourth-order valence-corrected chi connectivity index (χ4v) is 4.36. The summed E-state index contributed by atoms with van der Waals surface area (Å²) >= 11 is 1.53. The van der Waals surface area contributed by atoms with Crippen LogP contribution in [-0.4, -0.2) is 32.9 Å². The highest BCUT2D eigenvalue weighted by atomic mass is 32.1. The van der Waals surface area contributed by atoms with Crippen LogP contribution < -0.4 is 5.56 Å². The van der Waals surface area contributed by atoms with Gasteiger partial charge in [0.2, 0.25) is 5.91 Å². The second-order valence-corrected chi connectivity index (χ2v) is 7.49. The van der Waals surface area contributed by atoms with Crippen LogP contribution in [0.15, 0.2) is 11.1 Å². The standard InChI is InChI=1S/C17H23N3O2S/c1-4-13-7-5-6-8-20(13)14(21)9-19-10-18-16-15(17(19)22)11(2)12(3)23-16/h10,13H,4-9H2,1-3H3/t13-/m0/s1. The lowest BCUT2D eigenvalue weighted by Gasteiger charge is -2.35. The second kappa shape index (κ2) is 6.43. The maximum absolute atomic E-state index is 12.7. The van der Waals surface area contributed by atoms with E-state index in [0.29, 0.717) is 11.4 Å². The monoisotopic (exact) mass is 333 g/mol. The van der Waals surface area contributed by atoms with Crippen molar-refractivity contribution in [1.82, 2.24) is 14.5 Å². The molecule has 1 atom stereocenters. The zero-order valence-electron chi connectivity index (χ0n) is 14.0. The number of carbonyl (C=O) groups excluding carboxylic acids is 1. The molecule has 5 nitrogen and oxygen atoms in total. The van der Waals surface area contributed by atoms with Crippen LogP contribution in [0.1, 0.15) is 43.0 Å². The molecule has 1 saturated heterocycles. The molecule has 0 unspecified atom stereocenters. The van der Waals surface area contributed by atoms with Crippen LogP contribution in [0.2, 0.25) is 0 Å². The number of carbonyl (C=O) groups is 1. The molecule has 23 heavy (non-hydrogen) atoms. The van der Waals surface area contributed by atoms with E-state index in [4.69, 9.17) is 0 Å². The summed E-state index contributed by atoms with van der Waals surface area (Å²) < 4.78 is 1.46. The summed E-state index contributed by atoms with van der Waals surface area (Å²) in [6.07, 6.45) is 5.79. The van der Waals surface area contributed by atoms with E-state index in [9.17, 15) is 9.59 Å². The van der Waals surface area contributed by atoms with E-state index in [1.54, 1.807) is 0 Å². The average Bonchev–Trinajstić information content (AvgIpc) is 2.85. The maximum atomic E-state index is 12.7. The lowest BCUT2D eigenvalue weighted by atomic mass is 10.00. The van der Waals surface area contributed by atoms with Crippen molar-refractivity contribution in [3.63, 3.8) is 0 Å². The molecule has 124 valence electrons. The molecule has 1 amide bonds. The third-order valence-electron chi connectivity index (χ3n) is 4.88. The summed E-state index contributed by atoms with van der Waals surface area (Å²) in [5, 5.41) is 0.661. The van der Waals surface area contributed by atoms with Gasteiger partial charge in [-0.15, -0.1) is 11.3 Å². The molecule has 3 heterocycles. The number of likely N-dealkylation sites (tertiary alicyclic amines) is 1. The van der Waals surface area contributed by atoms with Crippen LogP contribution in [0.5, 0.6) is 0 Å². The molecule has 0 N–H and O–H groups in total. The molecule has 0 aliphatic carbocycles. The third kappa shape index (κ3) is 2.92. The first kappa shape index (κ1) is 16.2. The first-order valence-electron chi connectivity index (χ1n) is 8.27. The SMILES string of the molecule is CC[C@H]1CCCCN1C(=O)Cn1cnc2sc(C)c(C)c2c1=O. The second-order valence-electron chi connectivity index (χ2n) is 6.29. The minimum absolute atomic E-state index is 0.0319. The van der Waals surface area contributed by atoms with Crippen molar-refractivity contribution in [3.05, 3.63) is 27.1 Å². The van der Waals surface area contributed by atoms with Crippen LogP contribution in [0.3, 0.4) is 0 Å². The van der Waals surface area contributed by atoms with Crippen molar-refractivity contribution in [2.45, 2.75) is 59.0 Å². The van der Waals surface area contributed by atoms with Gasteiger partial charge in [-0.25, -0.2) is 4.98 Å². The summed E-state index contributed by atoms with van der Waals surface area (Å²) in [5.74, 6) is 0.0319. The molecule has 2 aromatic heterocycles. The summed E-state index contributed by atoms with van der Waals surface area (Å²) in [6, 6.07) is 0.314. The van der Waals surface area contributed by atoms with Crippen molar-refractivity contribution in [1.29, 1.82) is 0 Å². The number of aromatic nitrogens is 2. The van der Waals surface area contributed by atoms with Crippen LogP contribution in [0.4, 0.5) is 0 Å². The number of aryl methyl sites for hydroxylation is 2. The van der Waals surface area contributed by atoms with Gasteiger partial charge in [0.15, 0.2) is 0 Å². The number of nitrogens with zero attached hydrogens (tertiary/aromatic N) is 3. The van der Waals surface area contributed by atoms with E-state index in [2.05, 4.69) is 11.9 Å². The fourth-order valence-electron chi connectivity index (χ4n) is 3.37. The van der Waals surface area contributed by atoms with Crippen LogP contribution in [-0.2, 0) is 11.3 Å². The average molecular weight is 333 g/mol. The molecular weight excluding hydrogens is 310 g/mol. The molecule has 0 saturated carbocycles. The Morgan fingerprint density at radius 1 is 1.39 bits per heavy atom. The van der Waals surface area contributed by atoms with Crippen LogP contribution >= 0.6 is 11.3 Å². The number of hydrogen-bond acceptors (Lipinski definition) is 4. The van der Waals surface area contributed by atoms with Gasteiger partial charge in [0.1, 0.15) is 11.4 Å². The maximum Gasteiger partial charge on any atom is 0.262 e. The molecule has 0 radical (unpaired) electrons. The molecular formula is C17H23N3O2S. The lowest BCUT2D eigenvalue weighted by Crippen LogP contribution is -2.45. The largest absolute Gasteiger partial charge is 0.338 e. The summed E-state index contributed by atoms with van der Waals surface area (Å²) in [5.41, 5.74) is 0.879. The predicted octanol–water partition coefficient (Wildman–Crippen LogP) is 2.87. The number of piperidine rings is 1. The molecule has 1 fully saturated rings. The number of hydrogen-bond donors (Lipinski definition) is 0. The Bertz CT molecular complexity index is 793. The zero-order valence-corrected chi connectivity index (χ0v) is 14.8. The lowest BCUT2D eigenvalue weighted by molar-refractivity contribution is -0.135. The predicted molar refractivity (Wildman–Crippen MR) is 93.0 cm³/mol. The van der Waals surface area contributed by atoms with Crippen molar-refractivity contribution in [3.8, 4) is 0 Å². The van der Waals surface area contributed by atoms with Crippen molar-refractivity contribution >= 4 is 27.5 Å². The Kier molecular flexibility index (Phi) is 4.53. The molecule has 1 aliphatic rings. The Morgan fingerprint density at radius 3 is 2.91 bits per heavy atom. The van der Waals surface area contributed by atoms with Gasteiger partial charge < -0.3 is 4.90 Å². The highest BCUT2D eigenvalue weighted by Crippen LogP contribution is 2.25. The zero-order chi connectivity index (χ0) is 16.6. The number of fused-ring (bicyclic) bond motifs is 1. The van der Waals surface area contributed by atoms with Crippen molar-refractivity contribution < 1.29 is 4.79 Å². The molecule has 0 bridgehead atoms. The van der Waals surface area contributed by atoms with Gasteiger partial charge in [0, 0.05) is 17.5 Å². The normalized spacial score (nSPS) is 18.6. The molecule has 0 spiro atoms. The Balaban J connectivity index is 1.89. The molecule has 2 aromatic rings. The van der Waals surface area contributed by atoms with E-state index < -0.39 is 0 Å². The number of amides is 1. The van der Waals surface area contributed by atoms with Crippen LogP contribution in [0, 0.1) is 13.8 Å². The van der Waals surface area contributed by atoms with Gasteiger partial charge in [-0.1, -0.05) is 6.92 Å². The highest BCUT2D eigenvalue weighted by Gasteiger charge is 2.25. The first-order valence-corrected chi connectivity index (χ1v) is 9.09. The van der Waals surface area contributed by atoms with Crippen molar-refractivity contribution in [2.75, 3.05) is 6.54 Å². The Hall–Kier alpha value is -1.69. The fraction of sp³-hybridized carbons (Fsp3) is 0.588. The summed E-state index contributed by atoms with van der Waals surface area (Å²) in [6.45, 7) is 6.95. The minimum Gasteiger partial charge on any atom is -0.338 e. The smallest absolute Gasteiger partial charge is 0.262 e. The molecule has 0 aromatic carbocycles. The third-order valence-corrected chi connectivity index (χ3v) is 6.00. The number of thiophene rings is 1. The number of rotatable bonds is 3. The van der Waals surface area contributed by atoms with E-state index in [-0.39, 0.29) is 18.0 Å². The molecule has 1 aliphatic heterocycles. The van der Waals surface area contributed by atoms with E-state index in [0.717, 1.165) is 41.1 Å². The molecule has 3 rings (SSSR count). The van der Waals surface area contributed by atoms with E-state index >= 15 is 0 Å². The van der Waals surface area contributed by atoms with E-state index in [1.807, 2.05) is 18.7 Å².